The third kappa shape index (κ3) is 7.76. The zero-order valence-electron chi connectivity index (χ0n) is 7.87. The SMILES string of the molecule is C/C=C/[C@H](O)CCCCCCO. The second-order valence-corrected chi connectivity index (χ2v) is 3.02. The van der Waals surface area contributed by atoms with E-state index in [-0.39, 0.29) is 12.7 Å². The average Bonchev–Trinajstić information content (AvgIpc) is 2.05. The molecular formula is C10H20O2. The molecule has 0 unspecified atom stereocenters. The fourth-order valence-electron chi connectivity index (χ4n) is 1.14. The smallest absolute Gasteiger partial charge is 0.0720 e. The molecule has 0 aliphatic heterocycles. The van der Waals surface area contributed by atoms with Crippen LogP contribution >= 0.6 is 0 Å². The first kappa shape index (κ1) is 11.7. The molecule has 0 fully saturated rings. The Labute approximate surface area is 74.9 Å². The van der Waals surface area contributed by atoms with Crippen molar-refractivity contribution in [3.8, 4) is 0 Å². The van der Waals surface area contributed by atoms with E-state index >= 15 is 0 Å². The van der Waals surface area contributed by atoms with Gasteiger partial charge in [-0.25, -0.2) is 0 Å². The van der Waals surface area contributed by atoms with Crippen molar-refractivity contribution in [1.82, 2.24) is 0 Å². The number of aliphatic hydroxyl groups is 2. The first-order chi connectivity index (χ1) is 5.81. The first-order valence-electron chi connectivity index (χ1n) is 4.73. The minimum absolute atomic E-state index is 0.274. The van der Waals surface area contributed by atoms with Crippen molar-refractivity contribution in [1.29, 1.82) is 0 Å². The van der Waals surface area contributed by atoms with E-state index in [1.807, 2.05) is 19.1 Å². The minimum atomic E-state index is -0.274. The summed E-state index contributed by atoms with van der Waals surface area (Å²) >= 11 is 0. The van der Waals surface area contributed by atoms with Crippen LogP contribution in [0.1, 0.15) is 39.0 Å². The molecule has 72 valence electrons. The number of allylic oxidation sites excluding steroid dienone is 1. The molecule has 0 rings (SSSR count). The van der Waals surface area contributed by atoms with Gasteiger partial charge < -0.3 is 10.2 Å². The van der Waals surface area contributed by atoms with Crippen molar-refractivity contribution in [3.63, 3.8) is 0 Å². The highest BCUT2D eigenvalue weighted by molar-refractivity contribution is 4.84. The lowest BCUT2D eigenvalue weighted by molar-refractivity contribution is 0.207. The van der Waals surface area contributed by atoms with E-state index in [9.17, 15) is 5.11 Å². The van der Waals surface area contributed by atoms with Gasteiger partial charge in [0.05, 0.1) is 6.10 Å². The second kappa shape index (κ2) is 8.75. The Bertz CT molecular complexity index is 110. The fourth-order valence-corrected chi connectivity index (χ4v) is 1.14. The normalized spacial score (nSPS) is 13.9. The molecule has 0 heterocycles. The number of hydrogen-bond acceptors (Lipinski definition) is 2. The highest BCUT2D eigenvalue weighted by Gasteiger charge is 1.97. The molecule has 0 aromatic rings. The molecule has 2 nitrogen and oxygen atoms in total. The molecule has 2 N–H and O–H groups in total. The Morgan fingerprint density at radius 2 is 1.83 bits per heavy atom. The Morgan fingerprint density at radius 3 is 2.42 bits per heavy atom. The maximum Gasteiger partial charge on any atom is 0.0720 e. The predicted molar refractivity (Wildman–Crippen MR) is 51.0 cm³/mol. The molecule has 0 amide bonds. The van der Waals surface area contributed by atoms with Gasteiger partial charge in [-0.2, -0.15) is 0 Å². The highest BCUT2D eigenvalue weighted by atomic mass is 16.3. The molecule has 1 atom stereocenters. The van der Waals surface area contributed by atoms with Crippen LogP contribution < -0.4 is 0 Å². The molecule has 0 aromatic carbocycles. The summed E-state index contributed by atoms with van der Waals surface area (Å²) in [5, 5.41) is 17.8. The molecule has 0 bridgehead atoms. The van der Waals surface area contributed by atoms with Gasteiger partial charge in [0.25, 0.3) is 0 Å². The van der Waals surface area contributed by atoms with Crippen molar-refractivity contribution in [3.05, 3.63) is 12.2 Å². The standard InChI is InChI=1S/C10H20O2/c1-2-7-10(12)8-5-3-4-6-9-11/h2,7,10-12H,3-6,8-9H2,1H3/b7-2+/t10-/m0/s1. The van der Waals surface area contributed by atoms with Gasteiger partial charge in [-0.1, -0.05) is 31.4 Å². The van der Waals surface area contributed by atoms with E-state index in [4.69, 9.17) is 5.11 Å². The third-order valence-electron chi connectivity index (χ3n) is 1.82. The largest absolute Gasteiger partial charge is 0.396 e. The zero-order valence-corrected chi connectivity index (χ0v) is 7.87. The van der Waals surface area contributed by atoms with E-state index in [0.717, 1.165) is 32.1 Å². The Morgan fingerprint density at radius 1 is 1.17 bits per heavy atom. The van der Waals surface area contributed by atoms with Crippen LogP contribution in [0.25, 0.3) is 0 Å². The van der Waals surface area contributed by atoms with Crippen molar-refractivity contribution < 1.29 is 10.2 Å². The van der Waals surface area contributed by atoms with E-state index in [0.29, 0.717) is 0 Å². The van der Waals surface area contributed by atoms with Crippen LogP contribution in [0.5, 0.6) is 0 Å². The summed E-state index contributed by atoms with van der Waals surface area (Å²) in [6, 6.07) is 0. The molecule has 0 spiro atoms. The maximum absolute atomic E-state index is 9.27. The Hall–Kier alpha value is -0.340. The summed E-state index contributed by atoms with van der Waals surface area (Å²) < 4.78 is 0. The van der Waals surface area contributed by atoms with Crippen molar-refractivity contribution in [2.75, 3.05) is 6.61 Å². The fraction of sp³-hybridized carbons (Fsp3) is 0.800. The molecule has 0 saturated heterocycles. The number of rotatable bonds is 7. The average molecular weight is 172 g/mol. The van der Waals surface area contributed by atoms with E-state index in [1.165, 1.54) is 0 Å². The highest BCUT2D eigenvalue weighted by Crippen LogP contribution is 2.06. The second-order valence-electron chi connectivity index (χ2n) is 3.02. The minimum Gasteiger partial charge on any atom is -0.396 e. The van der Waals surface area contributed by atoms with Gasteiger partial charge in [0, 0.05) is 6.61 Å². The summed E-state index contributed by atoms with van der Waals surface area (Å²) in [5.41, 5.74) is 0. The monoisotopic (exact) mass is 172 g/mol. The van der Waals surface area contributed by atoms with E-state index < -0.39 is 0 Å². The molecule has 0 aliphatic rings. The lowest BCUT2D eigenvalue weighted by Gasteiger charge is -2.03. The van der Waals surface area contributed by atoms with Crippen molar-refractivity contribution in [2.24, 2.45) is 0 Å². The van der Waals surface area contributed by atoms with Crippen LogP contribution in [-0.2, 0) is 0 Å². The molecule has 0 radical (unpaired) electrons. The third-order valence-corrected chi connectivity index (χ3v) is 1.82. The molecule has 2 heteroatoms. The molecule has 0 saturated carbocycles. The van der Waals surface area contributed by atoms with Crippen LogP contribution in [0.15, 0.2) is 12.2 Å². The van der Waals surface area contributed by atoms with Gasteiger partial charge in [0.15, 0.2) is 0 Å². The molecule has 12 heavy (non-hydrogen) atoms. The maximum atomic E-state index is 9.27. The van der Waals surface area contributed by atoms with Gasteiger partial charge >= 0.3 is 0 Å². The lowest BCUT2D eigenvalue weighted by atomic mass is 10.1. The summed E-state index contributed by atoms with van der Waals surface area (Å²) in [4.78, 5) is 0. The van der Waals surface area contributed by atoms with Gasteiger partial charge in [0.2, 0.25) is 0 Å². The first-order valence-corrected chi connectivity index (χ1v) is 4.73. The molecular weight excluding hydrogens is 152 g/mol. The Balaban J connectivity index is 3.08. The number of hydrogen-bond donors (Lipinski definition) is 2. The molecule has 0 aliphatic carbocycles. The summed E-state index contributed by atoms with van der Waals surface area (Å²) in [6.45, 7) is 2.20. The number of aliphatic hydroxyl groups excluding tert-OH is 2. The van der Waals surface area contributed by atoms with Crippen molar-refractivity contribution in [2.45, 2.75) is 45.1 Å². The van der Waals surface area contributed by atoms with Gasteiger partial charge in [-0.05, 0) is 19.8 Å². The van der Waals surface area contributed by atoms with Crippen molar-refractivity contribution >= 4 is 0 Å². The quantitative estimate of drug-likeness (QED) is 0.454. The van der Waals surface area contributed by atoms with Crippen LogP contribution in [0.4, 0.5) is 0 Å². The predicted octanol–water partition coefficient (Wildman–Crippen LogP) is 1.87. The van der Waals surface area contributed by atoms with Gasteiger partial charge in [-0.3, -0.25) is 0 Å². The number of unbranched alkanes of at least 4 members (excludes halogenated alkanes) is 3. The Kier molecular flexibility index (Phi) is 8.51. The molecule has 0 aromatic heterocycles. The lowest BCUT2D eigenvalue weighted by Crippen LogP contribution is -2.01. The van der Waals surface area contributed by atoms with Gasteiger partial charge in [-0.15, -0.1) is 0 Å². The summed E-state index contributed by atoms with van der Waals surface area (Å²) in [7, 11) is 0. The topological polar surface area (TPSA) is 40.5 Å². The van der Waals surface area contributed by atoms with E-state index in [1.54, 1.807) is 0 Å². The van der Waals surface area contributed by atoms with Gasteiger partial charge in [0.1, 0.15) is 0 Å². The summed E-state index contributed by atoms with van der Waals surface area (Å²) in [6.07, 6.45) is 8.36. The van der Waals surface area contributed by atoms with Crippen LogP contribution in [0.3, 0.4) is 0 Å². The summed E-state index contributed by atoms with van der Waals surface area (Å²) in [5.74, 6) is 0. The van der Waals surface area contributed by atoms with Crippen LogP contribution in [-0.4, -0.2) is 22.9 Å². The van der Waals surface area contributed by atoms with Crippen LogP contribution in [0, 0.1) is 0 Å². The zero-order chi connectivity index (χ0) is 9.23. The van der Waals surface area contributed by atoms with Crippen LogP contribution in [0.2, 0.25) is 0 Å². The van der Waals surface area contributed by atoms with E-state index in [2.05, 4.69) is 0 Å².